The number of aryl methyl sites for hydroxylation is 2. The van der Waals surface area contributed by atoms with Gasteiger partial charge in [-0.2, -0.15) is 5.10 Å². The van der Waals surface area contributed by atoms with Crippen LogP contribution in [-0.2, 0) is 6.54 Å². The Morgan fingerprint density at radius 2 is 2.15 bits per heavy atom. The third-order valence-electron chi connectivity index (χ3n) is 3.20. The Morgan fingerprint density at radius 1 is 1.40 bits per heavy atom. The van der Waals surface area contributed by atoms with Gasteiger partial charge in [0, 0.05) is 11.0 Å². The van der Waals surface area contributed by atoms with Crippen LogP contribution in [0.15, 0.2) is 22.7 Å². The van der Waals surface area contributed by atoms with Crippen molar-refractivity contribution in [2.75, 3.05) is 5.73 Å². The summed E-state index contributed by atoms with van der Waals surface area (Å²) in [6.45, 7) is 4.49. The minimum atomic E-state index is -0.369. The molecule has 0 spiro atoms. The van der Waals surface area contributed by atoms with Gasteiger partial charge in [-0.25, -0.2) is 14.1 Å². The number of para-hydroxylation sites is 1. The molecule has 3 aromatic rings. The van der Waals surface area contributed by atoms with Crippen LogP contribution in [0.1, 0.15) is 12.6 Å². The van der Waals surface area contributed by atoms with Crippen LogP contribution >= 0.6 is 15.9 Å². The molecule has 0 radical (unpaired) electrons. The van der Waals surface area contributed by atoms with E-state index in [2.05, 4.69) is 26.0 Å². The zero-order valence-corrected chi connectivity index (χ0v) is 12.6. The Morgan fingerprint density at radius 3 is 2.80 bits per heavy atom. The van der Waals surface area contributed by atoms with E-state index in [-0.39, 0.29) is 11.8 Å². The van der Waals surface area contributed by atoms with Gasteiger partial charge in [-0.1, -0.05) is 6.07 Å². The molecule has 0 fully saturated rings. The number of anilines is 1. The molecule has 0 aliphatic rings. The Labute approximate surface area is 123 Å². The van der Waals surface area contributed by atoms with Crippen molar-refractivity contribution < 1.29 is 4.39 Å². The summed E-state index contributed by atoms with van der Waals surface area (Å²) < 4.78 is 18.2. The first-order valence-corrected chi connectivity index (χ1v) is 6.99. The zero-order valence-electron chi connectivity index (χ0n) is 11.1. The van der Waals surface area contributed by atoms with Crippen molar-refractivity contribution in [2.45, 2.75) is 20.4 Å². The van der Waals surface area contributed by atoms with Crippen molar-refractivity contribution in [3.8, 4) is 5.69 Å². The topological polar surface area (TPSA) is 61.7 Å². The maximum atomic E-state index is 14.2. The number of aromatic nitrogens is 4. The van der Waals surface area contributed by atoms with Crippen molar-refractivity contribution in [2.24, 2.45) is 0 Å². The SMILES string of the molecule is CCn1nc(C)c2nc(N)n(-c3c(F)cccc3Br)c21. The molecular formula is C13H13BrFN5. The molecule has 104 valence electrons. The van der Waals surface area contributed by atoms with Gasteiger partial charge < -0.3 is 5.73 Å². The fourth-order valence-electron chi connectivity index (χ4n) is 2.33. The lowest BCUT2D eigenvalue weighted by atomic mass is 10.3. The van der Waals surface area contributed by atoms with Crippen molar-refractivity contribution >= 4 is 33.0 Å². The quantitative estimate of drug-likeness (QED) is 0.781. The Bertz CT molecular complexity index is 785. The highest BCUT2D eigenvalue weighted by molar-refractivity contribution is 9.10. The van der Waals surface area contributed by atoms with Gasteiger partial charge in [0.2, 0.25) is 5.95 Å². The smallest absolute Gasteiger partial charge is 0.207 e. The maximum absolute atomic E-state index is 14.2. The highest BCUT2D eigenvalue weighted by Crippen LogP contribution is 2.31. The molecule has 2 aromatic heterocycles. The molecule has 0 aliphatic carbocycles. The number of benzene rings is 1. The molecule has 7 heteroatoms. The fourth-order valence-corrected chi connectivity index (χ4v) is 2.85. The van der Waals surface area contributed by atoms with E-state index in [9.17, 15) is 4.39 Å². The first kappa shape index (κ1) is 13.1. The van der Waals surface area contributed by atoms with Gasteiger partial charge >= 0.3 is 0 Å². The molecule has 0 saturated heterocycles. The number of nitrogens with two attached hydrogens (primary N) is 1. The fraction of sp³-hybridized carbons (Fsp3) is 0.231. The molecule has 20 heavy (non-hydrogen) atoms. The summed E-state index contributed by atoms with van der Waals surface area (Å²) in [5.41, 5.74) is 8.51. The number of hydrogen-bond donors (Lipinski definition) is 1. The minimum Gasteiger partial charge on any atom is -0.369 e. The number of nitrogens with zero attached hydrogens (tertiary/aromatic N) is 4. The molecule has 1 aromatic carbocycles. The summed E-state index contributed by atoms with van der Waals surface area (Å²) in [6.07, 6.45) is 0. The van der Waals surface area contributed by atoms with E-state index in [0.29, 0.717) is 27.9 Å². The number of hydrogen-bond acceptors (Lipinski definition) is 3. The Kier molecular flexibility index (Phi) is 3.01. The molecule has 0 bridgehead atoms. The lowest BCUT2D eigenvalue weighted by Crippen LogP contribution is -2.08. The second-order valence-electron chi connectivity index (χ2n) is 4.45. The van der Waals surface area contributed by atoms with Crippen molar-refractivity contribution in [3.63, 3.8) is 0 Å². The number of imidazole rings is 1. The van der Waals surface area contributed by atoms with Crippen LogP contribution in [0.5, 0.6) is 0 Å². The predicted molar refractivity (Wildman–Crippen MR) is 79.3 cm³/mol. The lowest BCUT2D eigenvalue weighted by Gasteiger charge is -2.11. The summed E-state index contributed by atoms with van der Waals surface area (Å²) in [5.74, 6) is -0.125. The summed E-state index contributed by atoms with van der Waals surface area (Å²) in [5, 5.41) is 4.39. The summed E-state index contributed by atoms with van der Waals surface area (Å²) in [4.78, 5) is 4.31. The number of halogens is 2. The van der Waals surface area contributed by atoms with Crippen molar-refractivity contribution in [3.05, 3.63) is 34.2 Å². The average molecular weight is 338 g/mol. The molecule has 3 rings (SSSR count). The van der Waals surface area contributed by atoms with Crippen LogP contribution in [0.25, 0.3) is 16.9 Å². The normalized spacial score (nSPS) is 11.4. The van der Waals surface area contributed by atoms with Gasteiger partial charge in [0.25, 0.3) is 0 Å². The summed E-state index contributed by atoms with van der Waals surface area (Å²) in [6, 6.07) is 4.80. The Balaban J connectivity index is 2.45. The largest absolute Gasteiger partial charge is 0.369 e. The predicted octanol–water partition coefficient (Wildman–Crippen LogP) is 3.03. The molecular weight excluding hydrogens is 325 g/mol. The molecule has 2 heterocycles. The number of rotatable bonds is 2. The van der Waals surface area contributed by atoms with Crippen LogP contribution < -0.4 is 5.73 Å². The van der Waals surface area contributed by atoms with Crippen molar-refractivity contribution in [1.29, 1.82) is 0 Å². The number of fused-ring (bicyclic) bond motifs is 1. The van der Waals surface area contributed by atoms with E-state index in [0.717, 1.165) is 5.69 Å². The second-order valence-corrected chi connectivity index (χ2v) is 5.30. The van der Waals surface area contributed by atoms with Gasteiger partial charge in [0.15, 0.2) is 5.65 Å². The third-order valence-corrected chi connectivity index (χ3v) is 3.84. The van der Waals surface area contributed by atoms with E-state index in [1.807, 2.05) is 13.8 Å². The molecule has 0 atom stereocenters. The van der Waals surface area contributed by atoms with Gasteiger partial charge in [0.05, 0.1) is 5.69 Å². The van der Waals surface area contributed by atoms with E-state index in [1.165, 1.54) is 6.07 Å². The highest BCUT2D eigenvalue weighted by atomic mass is 79.9. The van der Waals surface area contributed by atoms with Crippen LogP contribution in [-0.4, -0.2) is 19.3 Å². The third kappa shape index (κ3) is 1.73. The lowest BCUT2D eigenvalue weighted by molar-refractivity contribution is 0.613. The first-order chi connectivity index (χ1) is 9.54. The van der Waals surface area contributed by atoms with Gasteiger partial charge in [-0.15, -0.1) is 0 Å². The molecule has 0 amide bonds. The molecule has 0 saturated carbocycles. The standard InChI is InChI=1S/C13H13BrFN5/c1-3-19-12-10(7(2)18-19)17-13(16)20(12)11-8(14)5-4-6-9(11)15/h4-6H,3H2,1-2H3,(H2,16,17). The second kappa shape index (κ2) is 4.59. The highest BCUT2D eigenvalue weighted by Gasteiger charge is 2.21. The van der Waals surface area contributed by atoms with Gasteiger partial charge in [-0.3, -0.25) is 4.57 Å². The van der Waals surface area contributed by atoms with Crippen LogP contribution in [0.3, 0.4) is 0 Å². The average Bonchev–Trinajstić information content (AvgIpc) is 2.88. The van der Waals surface area contributed by atoms with E-state index in [1.54, 1.807) is 21.4 Å². The van der Waals surface area contributed by atoms with Crippen LogP contribution in [0.4, 0.5) is 10.3 Å². The first-order valence-electron chi connectivity index (χ1n) is 6.20. The van der Waals surface area contributed by atoms with Gasteiger partial charge in [0.1, 0.15) is 17.0 Å². The molecule has 5 nitrogen and oxygen atoms in total. The maximum Gasteiger partial charge on any atom is 0.207 e. The summed E-state index contributed by atoms with van der Waals surface area (Å²) in [7, 11) is 0. The Hall–Kier alpha value is -1.89. The van der Waals surface area contributed by atoms with E-state index < -0.39 is 0 Å². The summed E-state index contributed by atoms with van der Waals surface area (Å²) >= 11 is 3.37. The van der Waals surface area contributed by atoms with Crippen LogP contribution in [0.2, 0.25) is 0 Å². The monoisotopic (exact) mass is 337 g/mol. The minimum absolute atomic E-state index is 0.244. The van der Waals surface area contributed by atoms with E-state index in [4.69, 9.17) is 5.73 Å². The van der Waals surface area contributed by atoms with Gasteiger partial charge in [-0.05, 0) is 41.9 Å². The molecule has 0 aliphatic heterocycles. The van der Waals surface area contributed by atoms with E-state index >= 15 is 0 Å². The van der Waals surface area contributed by atoms with Crippen molar-refractivity contribution in [1.82, 2.24) is 19.3 Å². The number of nitrogen functional groups attached to an aromatic ring is 1. The molecule has 2 N–H and O–H groups in total. The molecule has 0 unspecified atom stereocenters. The van der Waals surface area contributed by atoms with Crippen LogP contribution in [0, 0.1) is 12.7 Å². The zero-order chi connectivity index (χ0) is 14.4.